The number of hydrogen-bond donors (Lipinski definition) is 4. The van der Waals surface area contributed by atoms with Gasteiger partial charge in [0.1, 0.15) is 22.0 Å². The predicted molar refractivity (Wildman–Crippen MR) is 156 cm³/mol. The lowest BCUT2D eigenvalue weighted by Gasteiger charge is -2.22. The van der Waals surface area contributed by atoms with Gasteiger partial charge in [0.25, 0.3) is 5.91 Å². The zero-order valence-electron chi connectivity index (χ0n) is 22.3. The molecule has 218 valence electrons. The number of furan rings is 1. The topological polar surface area (TPSA) is 188 Å². The first-order valence-corrected chi connectivity index (χ1v) is 12.7. The lowest BCUT2D eigenvalue weighted by atomic mass is 10.0. The standard InChI is InChI=1S/C22H29N3O5.C5H5NS.2H2O.2H2/c1-13(2)9-17(21(27)24-16-5-4-8-23-12-18(16)26)25-22(28)20-11-14-10-15(29-3)6-7-19(14)30-20;7-5-3-1-2-4-6-5;;;;/h6-7,10-11,13,16-17,23H,4-5,8-9,12H2,1-3H3,(H,24,27)(H,25,28);1-4H,(H,6,7);2*1H2;2*1H/t16?,17-;;;;;/m0...../s1. The van der Waals surface area contributed by atoms with Crippen LogP contribution < -0.4 is 20.7 Å². The van der Waals surface area contributed by atoms with Crippen LogP contribution >= 0.6 is 12.2 Å². The van der Waals surface area contributed by atoms with Crippen molar-refractivity contribution >= 4 is 40.8 Å². The van der Waals surface area contributed by atoms with Gasteiger partial charge in [0.2, 0.25) is 5.91 Å². The van der Waals surface area contributed by atoms with Crippen LogP contribution in [0.5, 0.6) is 5.75 Å². The zero-order valence-corrected chi connectivity index (χ0v) is 23.2. The molecule has 1 fully saturated rings. The first kappa shape index (κ1) is 33.4. The van der Waals surface area contributed by atoms with Crippen molar-refractivity contribution in [2.75, 3.05) is 20.2 Å². The quantitative estimate of drug-likeness (QED) is 0.316. The monoisotopic (exact) mass is 566 g/mol. The molecule has 3 aromatic rings. The smallest absolute Gasteiger partial charge is 0.287 e. The van der Waals surface area contributed by atoms with Crippen LogP contribution in [0, 0.1) is 10.6 Å². The number of aromatic nitrogens is 1. The van der Waals surface area contributed by atoms with E-state index in [1.807, 2.05) is 38.2 Å². The van der Waals surface area contributed by atoms with Crippen molar-refractivity contribution in [2.24, 2.45) is 5.92 Å². The molecule has 0 saturated carbocycles. The van der Waals surface area contributed by atoms with Crippen LogP contribution in [0.15, 0.2) is 53.1 Å². The van der Waals surface area contributed by atoms with Gasteiger partial charge in [-0.1, -0.05) is 32.1 Å². The molecule has 1 aromatic carbocycles. The van der Waals surface area contributed by atoms with E-state index in [0.717, 1.165) is 23.0 Å². The molecule has 2 aromatic heterocycles. The number of nitrogens with one attached hydrogen (secondary N) is 4. The van der Waals surface area contributed by atoms with Crippen LogP contribution in [-0.2, 0) is 9.59 Å². The number of ether oxygens (including phenoxy) is 1. The molecule has 1 aliphatic rings. The van der Waals surface area contributed by atoms with Gasteiger partial charge in [0.05, 0.1) is 19.7 Å². The van der Waals surface area contributed by atoms with Gasteiger partial charge < -0.3 is 41.0 Å². The van der Waals surface area contributed by atoms with E-state index in [0.29, 0.717) is 24.2 Å². The molecule has 12 heteroatoms. The largest absolute Gasteiger partial charge is 0.497 e. The van der Waals surface area contributed by atoms with Crippen molar-refractivity contribution in [2.45, 2.75) is 45.2 Å². The second kappa shape index (κ2) is 16.4. The molecule has 0 radical (unpaired) electrons. The van der Waals surface area contributed by atoms with Crippen molar-refractivity contribution in [1.82, 2.24) is 20.9 Å². The summed E-state index contributed by atoms with van der Waals surface area (Å²) < 4.78 is 11.6. The predicted octanol–water partition coefficient (Wildman–Crippen LogP) is 2.61. The summed E-state index contributed by atoms with van der Waals surface area (Å²) >= 11 is 4.76. The number of H-pyrrole nitrogens is 1. The van der Waals surface area contributed by atoms with E-state index in [2.05, 4.69) is 20.9 Å². The summed E-state index contributed by atoms with van der Waals surface area (Å²) in [5, 5.41) is 9.37. The van der Waals surface area contributed by atoms with Crippen LogP contribution in [0.3, 0.4) is 0 Å². The van der Waals surface area contributed by atoms with Crippen LogP contribution in [-0.4, -0.2) is 65.8 Å². The zero-order chi connectivity index (χ0) is 26.8. The third kappa shape index (κ3) is 10.2. The maximum atomic E-state index is 12.9. The third-order valence-corrected chi connectivity index (χ3v) is 6.06. The molecule has 8 N–H and O–H groups in total. The number of carbonyl (C=O) groups excluding carboxylic acids is 3. The summed E-state index contributed by atoms with van der Waals surface area (Å²) in [6.07, 6.45) is 3.65. The normalized spacial score (nSPS) is 15.5. The van der Waals surface area contributed by atoms with E-state index < -0.39 is 18.0 Å². The van der Waals surface area contributed by atoms with Crippen molar-refractivity contribution in [1.29, 1.82) is 0 Å². The van der Waals surface area contributed by atoms with Crippen molar-refractivity contribution in [3.8, 4) is 5.75 Å². The maximum absolute atomic E-state index is 12.9. The van der Waals surface area contributed by atoms with Gasteiger partial charge in [-0.3, -0.25) is 14.4 Å². The Balaban J connectivity index is 0. The van der Waals surface area contributed by atoms with E-state index in [-0.39, 0.29) is 43.7 Å². The number of aromatic amines is 1. The molecule has 2 atom stereocenters. The van der Waals surface area contributed by atoms with E-state index >= 15 is 0 Å². The SMILES string of the molecule is COc1ccc2oc(C(=O)N[C@@H](CC(C)C)C(=O)NC3CCCNCC3=O)cc2c1.O.O.S=c1cccc[nH]1.[HH].[HH]. The summed E-state index contributed by atoms with van der Waals surface area (Å²) in [4.78, 5) is 40.7. The number of hydrogen-bond acceptors (Lipinski definition) is 7. The average molecular weight is 567 g/mol. The fraction of sp³-hybridized carbons (Fsp3) is 0.407. The summed E-state index contributed by atoms with van der Waals surface area (Å²) in [5.74, 6) is 0.0912. The van der Waals surface area contributed by atoms with E-state index in [4.69, 9.17) is 21.4 Å². The van der Waals surface area contributed by atoms with Gasteiger partial charge in [0, 0.05) is 14.4 Å². The molecule has 1 aliphatic heterocycles. The summed E-state index contributed by atoms with van der Waals surface area (Å²) in [7, 11) is 1.57. The first-order valence-electron chi connectivity index (χ1n) is 12.3. The Morgan fingerprint density at radius 1 is 1.21 bits per heavy atom. The fourth-order valence-electron chi connectivity index (χ4n) is 3.92. The number of benzene rings is 1. The molecule has 0 spiro atoms. The number of pyridine rings is 1. The van der Waals surface area contributed by atoms with Gasteiger partial charge in [-0.15, -0.1) is 0 Å². The molecule has 4 rings (SSSR count). The summed E-state index contributed by atoms with van der Waals surface area (Å²) in [5.41, 5.74) is 0.558. The molecule has 0 aliphatic carbocycles. The minimum Gasteiger partial charge on any atom is -0.497 e. The summed E-state index contributed by atoms with van der Waals surface area (Å²) in [6, 6.07) is 11.2. The highest BCUT2D eigenvalue weighted by molar-refractivity contribution is 7.71. The van der Waals surface area contributed by atoms with Gasteiger partial charge in [-0.2, -0.15) is 0 Å². The number of rotatable bonds is 7. The molecule has 11 nitrogen and oxygen atoms in total. The minimum absolute atomic E-state index is 0. The fourth-order valence-corrected chi connectivity index (χ4v) is 4.07. The molecular formula is C27H42N4O7S. The van der Waals surface area contributed by atoms with Crippen LogP contribution in [0.2, 0.25) is 0 Å². The molecule has 1 saturated heterocycles. The molecule has 2 amide bonds. The van der Waals surface area contributed by atoms with Crippen molar-refractivity contribution in [3.05, 3.63) is 59.1 Å². The Labute approximate surface area is 235 Å². The number of amides is 2. The molecule has 39 heavy (non-hydrogen) atoms. The van der Waals surface area contributed by atoms with Crippen molar-refractivity contribution < 1.29 is 37.3 Å². The van der Waals surface area contributed by atoms with E-state index in [1.54, 1.807) is 31.4 Å². The van der Waals surface area contributed by atoms with Crippen LogP contribution in [0.1, 0.15) is 46.5 Å². The van der Waals surface area contributed by atoms with Gasteiger partial charge in [-0.25, -0.2) is 0 Å². The second-order valence-corrected chi connectivity index (χ2v) is 9.68. The lowest BCUT2D eigenvalue weighted by molar-refractivity contribution is -0.128. The van der Waals surface area contributed by atoms with Gasteiger partial charge in [-0.05, 0) is 68.1 Å². The van der Waals surface area contributed by atoms with Crippen molar-refractivity contribution in [3.63, 3.8) is 0 Å². The van der Waals surface area contributed by atoms with Gasteiger partial charge in [0.15, 0.2) is 11.5 Å². The Hall–Kier alpha value is -3.58. The lowest BCUT2D eigenvalue weighted by Crippen LogP contribution is -2.52. The van der Waals surface area contributed by atoms with Crippen LogP contribution in [0.25, 0.3) is 11.0 Å². The highest BCUT2D eigenvalue weighted by Gasteiger charge is 2.28. The number of methoxy groups -OCH3 is 1. The van der Waals surface area contributed by atoms with E-state index in [9.17, 15) is 14.4 Å². The minimum atomic E-state index is -0.760. The maximum Gasteiger partial charge on any atom is 0.287 e. The number of ketones is 1. The highest BCUT2D eigenvalue weighted by atomic mass is 32.1. The second-order valence-electron chi connectivity index (χ2n) is 9.24. The Kier molecular flexibility index (Phi) is 14.1. The number of Topliss-reactive ketones (excluding diaryl/α,β-unsaturated/α-hetero) is 1. The molecule has 1 unspecified atom stereocenters. The van der Waals surface area contributed by atoms with Gasteiger partial charge >= 0.3 is 0 Å². The highest BCUT2D eigenvalue weighted by Crippen LogP contribution is 2.24. The molecule has 0 bridgehead atoms. The Bertz CT molecular complexity index is 1270. The summed E-state index contributed by atoms with van der Waals surface area (Å²) in [6.45, 7) is 4.94. The third-order valence-electron chi connectivity index (χ3n) is 5.81. The number of carbonyl (C=O) groups is 3. The van der Waals surface area contributed by atoms with Crippen LogP contribution in [0.4, 0.5) is 0 Å². The molecule has 3 heterocycles. The first-order chi connectivity index (χ1) is 17.8. The molecular weight excluding hydrogens is 524 g/mol. The Morgan fingerprint density at radius 3 is 2.59 bits per heavy atom. The Morgan fingerprint density at radius 2 is 1.97 bits per heavy atom. The average Bonchev–Trinajstić information content (AvgIpc) is 3.21. The number of fused-ring (bicyclic) bond motifs is 1. The van der Waals surface area contributed by atoms with E-state index in [1.165, 1.54) is 0 Å².